The molecule has 4 rings (SSSR count). The number of hydrogen-bond donors (Lipinski definition) is 1. The number of H-pyrrole nitrogens is 1. The first-order valence-corrected chi connectivity index (χ1v) is 8.95. The average molecular weight is 406 g/mol. The van der Waals surface area contributed by atoms with Gasteiger partial charge in [-0.2, -0.15) is 0 Å². The van der Waals surface area contributed by atoms with Gasteiger partial charge in [-0.05, 0) is 26.0 Å². The molecule has 154 valence electrons. The summed E-state index contributed by atoms with van der Waals surface area (Å²) in [6, 6.07) is 9.21. The lowest BCUT2D eigenvalue weighted by atomic mass is 10.1. The Morgan fingerprint density at radius 2 is 1.90 bits per heavy atom. The van der Waals surface area contributed by atoms with Crippen LogP contribution in [0.25, 0.3) is 0 Å². The molecule has 2 aromatic rings. The van der Waals surface area contributed by atoms with Crippen LogP contribution in [0, 0.1) is 0 Å². The first-order chi connectivity index (χ1) is 13.7. The number of hydrogen-bond acceptors (Lipinski definition) is 7. The van der Waals surface area contributed by atoms with Crippen molar-refractivity contribution < 1.29 is 28.1 Å². The van der Waals surface area contributed by atoms with E-state index in [2.05, 4.69) is 4.98 Å². The normalized spacial score (nSPS) is 30.1. The fraction of sp³-hybridized carbons (Fsp3) is 0.421. The van der Waals surface area contributed by atoms with Crippen LogP contribution in [-0.4, -0.2) is 46.0 Å². The number of benzene rings is 1. The molecule has 0 bridgehead atoms. The molecule has 10 heteroatoms. The summed E-state index contributed by atoms with van der Waals surface area (Å²) in [7, 11) is 0. The number of rotatable bonds is 4. The Labute approximate surface area is 164 Å². The van der Waals surface area contributed by atoms with Crippen molar-refractivity contribution in [2.75, 3.05) is 6.61 Å². The molecule has 2 aliphatic rings. The number of nitrogens with one attached hydrogen (secondary N) is 1. The van der Waals surface area contributed by atoms with Gasteiger partial charge in [-0.25, -0.2) is 14.0 Å². The van der Waals surface area contributed by atoms with E-state index in [9.17, 15) is 14.4 Å². The van der Waals surface area contributed by atoms with Gasteiger partial charge in [0.25, 0.3) is 11.4 Å². The van der Waals surface area contributed by atoms with Crippen molar-refractivity contribution in [1.29, 1.82) is 0 Å². The first kappa shape index (κ1) is 19.5. The monoisotopic (exact) mass is 406 g/mol. The van der Waals surface area contributed by atoms with Crippen molar-refractivity contribution in [3.8, 4) is 0 Å². The zero-order valence-corrected chi connectivity index (χ0v) is 15.7. The lowest BCUT2D eigenvalue weighted by Crippen LogP contribution is -2.43. The Bertz CT molecular complexity index is 1030. The van der Waals surface area contributed by atoms with E-state index in [1.807, 2.05) is 0 Å². The highest BCUT2D eigenvalue weighted by atomic mass is 19.2. The molecule has 0 radical (unpaired) electrons. The average Bonchev–Trinajstić information content (AvgIpc) is 3.13. The molecule has 2 saturated heterocycles. The molecule has 0 spiro atoms. The van der Waals surface area contributed by atoms with Gasteiger partial charge >= 0.3 is 11.7 Å². The third-order valence-electron chi connectivity index (χ3n) is 4.69. The summed E-state index contributed by atoms with van der Waals surface area (Å²) >= 11 is 0. The van der Waals surface area contributed by atoms with E-state index >= 15 is 4.39 Å². The SMILES string of the molecule is CC1(C)O[C@H]2[C@H](n3ccc(=O)[nH]c3=O)O[C@@](F)(COC(=O)c3ccccc3)[C@H]2O1. The number of fused-ring (bicyclic) bond motifs is 1. The van der Waals surface area contributed by atoms with E-state index in [0.717, 1.165) is 10.6 Å². The van der Waals surface area contributed by atoms with Crippen LogP contribution < -0.4 is 11.2 Å². The van der Waals surface area contributed by atoms with Crippen LogP contribution in [0.1, 0.15) is 30.4 Å². The number of carbonyl (C=O) groups is 1. The first-order valence-electron chi connectivity index (χ1n) is 8.95. The smallest absolute Gasteiger partial charge is 0.338 e. The number of carbonyl (C=O) groups excluding carboxylic acids is 1. The van der Waals surface area contributed by atoms with Crippen molar-refractivity contribution >= 4 is 5.97 Å². The molecule has 9 nitrogen and oxygen atoms in total. The molecule has 0 saturated carbocycles. The van der Waals surface area contributed by atoms with Gasteiger partial charge in [-0.1, -0.05) is 18.2 Å². The Kier molecular flexibility index (Phi) is 4.64. The van der Waals surface area contributed by atoms with Gasteiger partial charge in [-0.3, -0.25) is 14.3 Å². The van der Waals surface area contributed by atoms with Crippen LogP contribution >= 0.6 is 0 Å². The molecule has 29 heavy (non-hydrogen) atoms. The molecule has 2 aliphatic heterocycles. The molecule has 0 unspecified atom stereocenters. The second-order valence-corrected chi connectivity index (χ2v) is 7.27. The Hall–Kier alpha value is -2.82. The van der Waals surface area contributed by atoms with Gasteiger partial charge < -0.3 is 18.9 Å². The van der Waals surface area contributed by atoms with Crippen LogP contribution in [-0.2, 0) is 18.9 Å². The second kappa shape index (κ2) is 6.90. The van der Waals surface area contributed by atoms with E-state index in [0.29, 0.717) is 0 Å². The van der Waals surface area contributed by atoms with Crippen LogP contribution in [0.3, 0.4) is 0 Å². The molecule has 1 aromatic heterocycles. The maximum Gasteiger partial charge on any atom is 0.338 e. The number of nitrogens with zero attached hydrogens (tertiary/aromatic N) is 1. The number of ether oxygens (including phenoxy) is 4. The molecule has 1 N–H and O–H groups in total. The van der Waals surface area contributed by atoms with Gasteiger partial charge in [-0.15, -0.1) is 0 Å². The number of aromatic nitrogens is 2. The van der Waals surface area contributed by atoms with Crippen LogP contribution in [0.4, 0.5) is 4.39 Å². The molecule has 3 heterocycles. The van der Waals surface area contributed by atoms with Gasteiger partial charge in [0.2, 0.25) is 0 Å². The minimum atomic E-state index is -2.57. The Morgan fingerprint density at radius 3 is 2.59 bits per heavy atom. The number of halogens is 1. The molecule has 4 atom stereocenters. The highest BCUT2D eigenvalue weighted by Gasteiger charge is 2.65. The summed E-state index contributed by atoms with van der Waals surface area (Å²) in [6.45, 7) is 2.42. The number of esters is 1. The predicted molar refractivity (Wildman–Crippen MR) is 95.8 cm³/mol. The van der Waals surface area contributed by atoms with Crippen LogP contribution in [0.2, 0.25) is 0 Å². The quantitative estimate of drug-likeness (QED) is 0.758. The van der Waals surface area contributed by atoms with E-state index in [1.54, 1.807) is 32.0 Å². The molecule has 1 aromatic carbocycles. The maximum atomic E-state index is 15.7. The molecular formula is C19H19FN2O7. The van der Waals surface area contributed by atoms with Crippen LogP contribution in [0.15, 0.2) is 52.2 Å². The summed E-state index contributed by atoms with van der Waals surface area (Å²) in [6.07, 6.45) is -2.32. The third-order valence-corrected chi connectivity index (χ3v) is 4.69. The third kappa shape index (κ3) is 3.61. The molecule has 2 fully saturated rings. The number of alkyl halides is 1. The van der Waals surface area contributed by atoms with Crippen molar-refractivity contribution in [2.24, 2.45) is 0 Å². The molecule has 0 amide bonds. The Morgan fingerprint density at radius 1 is 1.17 bits per heavy atom. The zero-order valence-electron chi connectivity index (χ0n) is 15.7. The van der Waals surface area contributed by atoms with Gasteiger partial charge in [0, 0.05) is 12.3 Å². The molecular weight excluding hydrogens is 387 g/mol. The summed E-state index contributed by atoms with van der Waals surface area (Å²) in [5, 5.41) is 0. The van der Waals surface area contributed by atoms with E-state index in [-0.39, 0.29) is 5.56 Å². The summed E-state index contributed by atoms with van der Waals surface area (Å²) in [5.41, 5.74) is -1.14. The van der Waals surface area contributed by atoms with Gasteiger partial charge in [0.1, 0.15) is 6.10 Å². The maximum absolute atomic E-state index is 15.7. The standard InChI is InChI=1S/C19H19FN2O7/c1-18(2)27-13-14(28-18)19(20,10-26-16(24)11-6-4-3-5-7-11)29-15(13)22-9-8-12(23)21-17(22)25/h3-9,13-15H,10H2,1-2H3,(H,21,23,25)/t13-,14+,15-,19+/m1/s1. The van der Waals surface area contributed by atoms with Crippen molar-refractivity contribution in [2.45, 2.75) is 43.9 Å². The summed E-state index contributed by atoms with van der Waals surface area (Å²) in [4.78, 5) is 37.8. The highest BCUT2D eigenvalue weighted by Crippen LogP contribution is 2.48. The van der Waals surface area contributed by atoms with Crippen molar-refractivity contribution in [3.63, 3.8) is 0 Å². The van der Waals surface area contributed by atoms with E-state index in [4.69, 9.17) is 18.9 Å². The Balaban J connectivity index is 1.60. The van der Waals surface area contributed by atoms with Crippen LogP contribution in [0.5, 0.6) is 0 Å². The fourth-order valence-corrected chi connectivity index (χ4v) is 3.45. The lowest BCUT2D eigenvalue weighted by molar-refractivity contribution is -0.265. The topological polar surface area (TPSA) is 109 Å². The lowest BCUT2D eigenvalue weighted by Gasteiger charge is -2.28. The largest absolute Gasteiger partial charge is 0.456 e. The summed E-state index contributed by atoms with van der Waals surface area (Å²) < 4.78 is 38.7. The van der Waals surface area contributed by atoms with Gasteiger partial charge in [0.15, 0.2) is 24.7 Å². The van der Waals surface area contributed by atoms with Crippen molar-refractivity contribution in [1.82, 2.24) is 9.55 Å². The fourth-order valence-electron chi connectivity index (χ4n) is 3.45. The molecule has 0 aliphatic carbocycles. The van der Waals surface area contributed by atoms with E-state index in [1.165, 1.54) is 18.3 Å². The van der Waals surface area contributed by atoms with Gasteiger partial charge in [0.05, 0.1) is 5.56 Å². The minimum absolute atomic E-state index is 0.253. The highest BCUT2D eigenvalue weighted by molar-refractivity contribution is 5.89. The van der Waals surface area contributed by atoms with Crippen molar-refractivity contribution in [3.05, 3.63) is 69.0 Å². The number of aromatic amines is 1. The zero-order chi connectivity index (χ0) is 20.8. The predicted octanol–water partition coefficient (Wildman–Crippen LogP) is 1.11. The summed E-state index contributed by atoms with van der Waals surface area (Å²) in [5.74, 6) is -4.45. The minimum Gasteiger partial charge on any atom is -0.456 e. The second-order valence-electron chi connectivity index (χ2n) is 7.27. The van der Waals surface area contributed by atoms with E-state index < -0.39 is 53.9 Å².